The lowest BCUT2D eigenvalue weighted by molar-refractivity contribution is 0.103. The molecular weight excluding hydrogens is 376 g/mol. The van der Waals surface area contributed by atoms with E-state index in [1.807, 2.05) is 29.6 Å². The molecule has 8 heteroatoms. The molecule has 0 bridgehead atoms. The molecule has 0 unspecified atom stereocenters. The van der Waals surface area contributed by atoms with Crippen LogP contribution >= 0.6 is 34.3 Å². The first kappa shape index (κ1) is 16.0. The van der Waals surface area contributed by atoms with Gasteiger partial charge in [0.15, 0.2) is 0 Å². The zero-order chi connectivity index (χ0) is 17.2. The normalized spacial score (nSPS) is 10.8. The van der Waals surface area contributed by atoms with Gasteiger partial charge in [0.25, 0.3) is 5.91 Å². The van der Waals surface area contributed by atoms with Crippen LogP contribution in [-0.4, -0.2) is 20.7 Å². The molecule has 1 N–H and O–H groups in total. The largest absolute Gasteiger partial charge is 0.319 e. The molecule has 1 amide bonds. The van der Waals surface area contributed by atoms with Crippen molar-refractivity contribution in [1.29, 1.82) is 0 Å². The van der Waals surface area contributed by atoms with Crippen molar-refractivity contribution in [3.63, 3.8) is 0 Å². The Bertz CT molecular complexity index is 1010. The van der Waals surface area contributed by atoms with Gasteiger partial charge in [0.05, 0.1) is 22.4 Å². The van der Waals surface area contributed by atoms with Crippen molar-refractivity contribution >= 4 is 45.9 Å². The van der Waals surface area contributed by atoms with Gasteiger partial charge in [0.1, 0.15) is 9.88 Å². The number of carbonyl (C=O) groups is 1. The van der Waals surface area contributed by atoms with Crippen LogP contribution in [0, 0.1) is 0 Å². The van der Waals surface area contributed by atoms with Gasteiger partial charge in [0, 0.05) is 17.4 Å². The van der Waals surface area contributed by atoms with Crippen LogP contribution in [0.5, 0.6) is 0 Å². The van der Waals surface area contributed by atoms with Crippen molar-refractivity contribution in [1.82, 2.24) is 14.8 Å². The number of hydrogen-bond donors (Lipinski definition) is 1. The fourth-order valence-corrected chi connectivity index (χ4v) is 4.08. The minimum atomic E-state index is -0.226. The van der Waals surface area contributed by atoms with E-state index >= 15 is 0 Å². The number of nitrogens with zero attached hydrogens (tertiary/aromatic N) is 3. The van der Waals surface area contributed by atoms with Gasteiger partial charge in [-0.3, -0.25) is 4.79 Å². The highest BCUT2D eigenvalue weighted by Crippen LogP contribution is 2.30. The Morgan fingerprint density at radius 2 is 2.16 bits per heavy atom. The van der Waals surface area contributed by atoms with Crippen LogP contribution in [0.4, 0.5) is 5.69 Å². The maximum atomic E-state index is 12.6. The number of hydrogen-bond acceptors (Lipinski definition) is 5. The van der Waals surface area contributed by atoms with E-state index in [0.717, 1.165) is 15.6 Å². The van der Waals surface area contributed by atoms with Gasteiger partial charge in [-0.25, -0.2) is 9.67 Å². The Labute approximate surface area is 156 Å². The maximum Gasteiger partial charge on any atom is 0.267 e. The molecule has 25 heavy (non-hydrogen) atoms. The first-order chi connectivity index (χ1) is 12.2. The zero-order valence-corrected chi connectivity index (χ0v) is 15.1. The number of amides is 1. The lowest BCUT2D eigenvalue weighted by Crippen LogP contribution is -2.12. The molecule has 0 aliphatic rings. The third-order valence-corrected chi connectivity index (χ3v) is 5.69. The van der Waals surface area contributed by atoms with Crippen LogP contribution in [0.15, 0.2) is 60.4 Å². The number of anilines is 1. The van der Waals surface area contributed by atoms with Crippen molar-refractivity contribution in [3.8, 4) is 15.6 Å². The van der Waals surface area contributed by atoms with E-state index in [4.69, 9.17) is 11.6 Å². The molecule has 4 rings (SSSR count). The fraction of sp³-hybridized carbons (Fsp3) is 0. The Morgan fingerprint density at radius 3 is 2.92 bits per heavy atom. The van der Waals surface area contributed by atoms with Crippen molar-refractivity contribution in [2.75, 3.05) is 5.32 Å². The molecule has 0 aliphatic carbocycles. The molecule has 3 aromatic heterocycles. The van der Waals surface area contributed by atoms with Crippen LogP contribution in [0.2, 0.25) is 5.02 Å². The molecule has 4 aromatic rings. The predicted octanol–water partition coefficient (Wildman–Crippen LogP) is 4.96. The summed E-state index contributed by atoms with van der Waals surface area (Å²) >= 11 is 9.04. The van der Waals surface area contributed by atoms with Gasteiger partial charge in [-0.15, -0.1) is 22.7 Å². The van der Waals surface area contributed by atoms with E-state index in [0.29, 0.717) is 15.6 Å². The number of halogens is 1. The number of thiophene rings is 1. The van der Waals surface area contributed by atoms with E-state index in [1.54, 1.807) is 46.7 Å². The van der Waals surface area contributed by atoms with Crippen molar-refractivity contribution < 1.29 is 4.79 Å². The van der Waals surface area contributed by atoms with E-state index in [2.05, 4.69) is 15.4 Å². The fourth-order valence-electron chi connectivity index (χ4n) is 2.30. The van der Waals surface area contributed by atoms with Crippen LogP contribution in [0.1, 0.15) is 9.67 Å². The predicted molar refractivity (Wildman–Crippen MR) is 102 cm³/mol. The van der Waals surface area contributed by atoms with E-state index in [-0.39, 0.29) is 5.91 Å². The summed E-state index contributed by atoms with van der Waals surface area (Å²) in [6.07, 6.45) is 5.07. The van der Waals surface area contributed by atoms with Gasteiger partial charge in [0.2, 0.25) is 0 Å². The molecule has 0 atom stereocenters. The molecule has 0 aliphatic heterocycles. The average Bonchev–Trinajstić information content (AvgIpc) is 3.35. The second-order valence-electron chi connectivity index (χ2n) is 5.07. The minimum Gasteiger partial charge on any atom is -0.319 e. The van der Waals surface area contributed by atoms with Crippen molar-refractivity contribution in [2.24, 2.45) is 0 Å². The molecule has 1 aromatic carbocycles. The SMILES string of the molecule is O=C(Nc1cc(Cl)ccc1-n1cccn1)c1cnc(-c2cccs2)s1. The topological polar surface area (TPSA) is 59.8 Å². The Morgan fingerprint density at radius 1 is 1.24 bits per heavy atom. The van der Waals surface area contributed by atoms with Crippen LogP contribution in [-0.2, 0) is 0 Å². The second kappa shape index (κ2) is 6.79. The number of rotatable bonds is 4. The highest BCUT2D eigenvalue weighted by Gasteiger charge is 2.15. The van der Waals surface area contributed by atoms with Crippen molar-refractivity contribution in [3.05, 3.63) is 70.3 Å². The lowest BCUT2D eigenvalue weighted by Gasteiger charge is -2.11. The van der Waals surface area contributed by atoms with Gasteiger partial charge >= 0.3 is 0 Å². The number of thiazole rings is 1. The lowest BCUT2D eigenvalue weighted by atomic mass is 10.2. The summed E-state index contributed by atoms with van der Waals surface area (Å²) in [6, 6.07) is 11.0. The van der Waals surface area contributed by atoms with Crippen LogP contribution in [0.25, 0.3) is 15.6 Å². The zero-order valence-electron chi connectivity index (χ0n) is 12.7. The second-order valence-corrected chi connectivity index (χ2v) is 7.49. The summed E-state index contributed by atoms with van der Waals surface area (Å²) in [6.45, 7) is 0. The summed E-state index contributed by atoms with van der Waals surface area (Å²) in [5.74, 6) is -0.226. The third kappa shape index (κ3) is 3.34. The molecule has 0 spiro atoms. The third-order valence-electron chi connectivity index (χ3n) is 3.42. The molecule has 0 radical (unpaired) electrons. The van der Waals surface area contributed by atoms with Crippen LogP contribution in [0.3, 0.4) is 0 Å². The maximum absolute atomic E-state index is 12.6. The first-order valence-corrected chi connectivity index (χ1v) is 9.39. The van der Waals surface area contributed by atoms with Gasteiger partial charge in [-0.05, 0) is 35.7 Å². The van der Waals surface area contributed by atoms with Gasteiger partial charge in [-0.2, -0.15) is 5.10 Å². The highest BCUT2D eigenvalue weighted by atomic mass is 35.5. The summed E-state index contributed by atoms with van der Waals surface area (Å²) in [5, 5.41) is 10.5. The molecule has 124 valence electrons. The summed E-state index contributed by atoms with van der Waals surface area (Å²) in [7, 11) is 0. The van der Waals surface area contributed by atoms with Crippen LogP contribution < -0.4 is 5.32 Å². The molecule has 0 saturated heterocycles. The first-order valence-electron chi connectivity index (χ1n) is 7.31. The van der Waals surface area contributed by atoms with E-state index in [9.17, 15) is 4.79 Å². The summed E-state index contributed by atoms with van der Waals surface area (Å²) in [4.78, 5) is 18.5. The smallest absolute Gasteiger partial charge is 0.267 e. The van der Waals surface area contributed by atoms with E-state index < -0.39 is 0 Å². The van der Waals surface area contributed by atoms with Gasteiger partial charge < -0.3 is 5.32 Å². The number of nitrogens with one attached hydrogen (secondary N) is 1. The molecule has 5 nitrogen and oxygen atoms in total. The Balaban J connectivity index is 1.62. The Kier molecular flexibility index (Phi) is 4.35. The average molecular weight is 387 g/mol. The minimum absolute atomic E-state index is 0.226. The van der Waals surface area contributed by atoms with E-state index in [1.165, 1.54) is 11.3 Å². The monoisotopic (exact) mass is 386 g/mol. The van der Waals surface area contributed by atoms with Gasteiger partial charge in [-0.1, -0.05) is 17.7 Å². The molecule has 0 fully saturated rings. The summed E-state index contributed by atoms with van der Waals surface area (Å²) in [5.41, 5.74) is 1.33. The number of aromatic nitrogens is 3. The highest BCUT2D eigenvalue weighted by molar-refractivity contribution is 7.22. The molecular formula is C17H11ClN4OS2. The Hall–Kier alpha value is -2.48. The van der Waals surface area contributed by atoms with Crippen molar-refractivity contribution in [2.45, 2.75) is 0 Å². The number of benzene rings is 1. The number of carbonyl (C=O) groups excluding carboxylic acids is 1. The quantitative estimate of drug-likeness (QED) is 0.539. The standard InChI is InChI=1S/C17H11ClN4OS2/c18-11-4-5-13(22-7-2-6-20-22)12(9-11)21-16(23)15-10-19-17(25-15)14-3-1-8-24-14/h1-10H,(H,21,23). The molecule has 0 saturated carbocycles. The molecule has 3 heterocycles. The summed E-state index contributed by atoms with van der Waals surface area (Å²) < 4.78 is 1.68.